The maximum Gasteiger partial charge on any atom is 0.260 e. The number of carbonyl (C=O) groups excluding carboxylic acids is 1. The van der Waals surface area contributed by atoms with Crippen LogP contribution in [0.25, 0.3) is 0 Å². The Balaban J connectivity index is 1.98. The first-order chi connectivity index (χ1) is 9.74. The minimum absolute atomic E-state index is 0.0104. The van der Waals surface area contributed by atoms with Crippen molar-refractivity contribution < 1.29 is 19.4 Å². The Bertz CT molecular complexity index is 455. The fraction of sp³-hybridized carbons (Fsp3) is 0.533. The molecular formula is C15H21NO4. The van der Waals surface area contributed by atoms with Gasteiger partial charge in [-0.05, 0) is 37.5 Å². The van der Waals surface area contributed by atoms with Crippen LogP contribution in [0.5, 0.6) is 11.5 Å². The van der Waals surface area contributed by atoms with Crippen LogP contribution in [0.3, 0.4) is 0 Å². The Morgan fingerprint density at radius 1 is 1.25 bits per heavy atom. The number of amides is 1. The molecule has 0 saturated carbocycles. The van der Waals surface area contributed by atoms with Crippen molar-refractivity contribution in [2.45, 2.75) is 26.4 Å². The Kier molecular flexibility index (Phi) is 5.24. The third-order valence-corrected chi connectivity index (χ3v) is 3.30. The average Bonchev–Trinajstić information content (AvgIpc) is 3.00. The smallest absolute Gasteiger partial charge is 0.260 e. The highest BCUT2D eigenvalue weighted by Crippen LogP contribution is 2.28. The molecule has 110 valence electrons. The van der Waals surface area contributed by atoms with Crippen LogP contribution in [0, 0.1) is 0 Å². The van der Waals surface area contributed by atoms with Gasteiger partial charge in [0, 0.05) is 13.1 Å². The molecule has 1 aromatic rings. The lowest BCUT2D eigenvalue weighted by molar-refractivity contribution is -0.132. The second kappa shape index (κ2) is 7.14. The minimum Gasteiger partial charge on any atom is -0.490 e. The Labute approximate surface area is 119 Å². The number of hydrogen-bond acceptors (Lipinski definition) is 4. The number of aliphatic hydroxyl groups excluding tert-OH is 1. The molecule has 0 atom stereocenters. The predicted molar refractivity (Wildman–Crippen MR) is 74.8 cm³/mol. The van der Waals surface area contributed by atoms with Gasteiger partial charge in [-0.2, -0.15) is 0 Å². The lowest BCUT2D eigenvalue weighted by atomic mass is 10.2. The zero-order valence-electron chi connectivity index (χ0n) is 11.8. The third-order valence-electron chi connectivity index (χ3n) is 3.30. The lowest BCUT2D eigenvalue weighted by Crippen LogP contribution is -2.32. The molecule has 5 nitrogen and oxygen atoms in total. The second-order valence-corrected chi connectivity index (χ2v) is 4.75. The van der Waals surface area contributed by atoms with Crippen molar-refractivity contribution in [2.75, 3.05) is 26.3 Å². The summed E-state index contributed by atoms with van der Waals surface area (Å²) in [6.45, 7) is 4.01. The summed E-state index contributed by atoms with van der Waals surface area (Å²) in [5.74, 6) is 1.11. The van der Waals surface area contributed by atoms with Gasteiger partial charge in [0.2, 0.25) is 0 Å². The quantitative estimate of drug-likeness (QED) is 0.859. The zero-order valence-corrected chi connectivity index (χ0v) is 11.8. The van der Waals surface area contributed by atoms with Gasteiger partial charge < -0.3 is 19.5 Å². The lowest BCUT2D eigenvalue weighted by Gasteiger charge is -2.17. The summed E-state index contributed by atoms with van der Waals surface area (Å²) < 4.78 is 11.0. The number of ether oxygens (including phenoxy) is 2. The summed E-state index contributed by atoms with van der Waals surface area (Å²) in [4.78, 5) is 13.8. The van der Waals surface area contributed by atoms with Crippen LogP contribution in [0.15, 0.2) is 18.2 Å². The van der Waals surface area contributed by atoms with E-state index < -0.39 is 0 Å². The van der Waals surface area contributed by atoms with Crippen molar-refractivity contribution >= 4 is 5.91 Å². The van der Waals surface area contributed by atoms with Gasteiger partial charge in [-0.15, -0.1) is 0 Å². The molecule has 1 saturated heterocycles. The second-order valence-electron chi connectivity index (χ2n) is 4.75. The van der Waals surface area contributed by atoms with Crippen LogP contribution in [-0.2, 0) is 11.4 Å². The van der Waals surface area contributed by atoms with E-state index in [0.29, 0.717) is 18.1 Å². The summed E-state index contributed by atoms with van der Waals surface area (Å²) in [6, 6.07) is 5.23. The molecule has 0 aliphatic carbocycles. The molecular weight excluding hydrogens is 258 g/mol. The fourth-order valence-corrected chi connectivity index (χ4v) is 2.24. The molecule has 1 aromatic carbocycles. The van der Waals surface area contributed by atoms with Gasteiger partial charge in [0.05, 0.1) is 13.2 Å². The predicted octanol–water partition coefficient (Wildman–Crippen LogP) is 1.58. The highest BCUT2D eigenvalue weighted by Gasteiger charge is 2.18. The van der Waals surface area contributed by atoms with Gasteiger partial charge in [-0.3, -0.25) is 4.79 Å². The number of likely N-dealkylation sites (tertiary alicyclic amines) is 1. The van der Waals surface area contributed by atoms with Gasteiger partial charge in [-0.25, -0.2) is 0 Å². The molecule has 1 aliphatic heterocycles. The van der Waals surface area contributed by atoms with Crippen molar-refractivity contribution in [3.05, 3.63) is 23.8 Å². The van der Waals surface area contributed by atoms with E-state index in [2.05, 4.69) is 0 Å². The molecule has 0 radical (unpaired) electrons. The van der Waals surface area contributed by atoms with Crippen LogP contribution in [0.2, 0.25) is 0 Å². The molecule has 1 amide bonds. The normalized spacial score (nSPS) is 14.4. The molecule has 20 heavy (non-hydrogen) atoms. The molecule has 0 bridgehead atoms. The summed E-state index contributed by atoms with van der Waals surface area (Å²) in [5.41, 5.74) is 0.756. The molecule has 1 aliphatic rings. The standard InChI is InChI=1S/C15H21NO4/c1-2-19-14-9-12(10-17)5-6-13(14)20-11-15(18)16-7-3-4-8-16/h5-6,9,17H,2-4,7-8,10-11H2,1H3. The average molecular weight is 279 g/mol. The van der Waals surface area contributed by atoms with Crippen molar-refractivity contribution in [3.8, 4) is 11.5 Å². The third kappa shape index (κ3) is 3.63. The Hall–Kier alpha value is -1.75. The van der Waals surface area contributed by atoms with Gasteiger partial charge in [0.25, 0.3) is 5.91 Å². The van der Waals surface area contributed by atoms with Gasteiger partial charge >= 0.3 is 0 Å². The van der Waals surface area contributed by atoms with E-state index in [4.69, 9.17) is 14.6 Å². The molecule has 1 heterocycles. The molecule has 2 rings (SSSR count). The van der Waals surface area contributed by atoms with E-state index in [1.807, 2.05) is 11.8 Å². The Morgan fingerprint density at radius 2 is 2.00 bits per heavy atom. The van der Waals surface area contributed by atoms with Crippen LogP contribution < -0.4 is 9.47 Å². The van der Waals surface area contributed by atoms with Crippen LogP contribution in [0.1, 0.15) is 25.3 Å². The molecule has 0 unspecified atom stereocenters. The molecule has 5 heteroatoms. The molecule has 0 aromatic heterocycles. The number of rotatable bonds is 6. The first kappa shape index (κ1) is 14.7. The topological polar surface area (TPSA) is 59.0 Å². The molecule has 1 N–H and O–H groups in total. The van der Waals surface area contributed by atoms with E-state index >= 15 is 0 Å². The van der Waals surface area contributed by atoms with E-state index in [9.17, 15) is 4.79 Å². The maximum absolute atomic E-state index is 11.9. The van der Waals surface area contributed by atoms with E-state index in [0.717, 1.165) is 31.5 Å². The van der Waals surface area contributed by atoms with Crippen molar-refractivity contribution in [2.24, 2.45) is 0 Å². The zero-order chi connectivity index (χ0) is 14.4. The van der Waals surface area contributed by atoms with Crippen LogP contribution in [-0.4, -0.2) is 42.2 Å². The fourth-order valence-electron chi connectivity index (χ4n) is 2.24. The summed E-state index contributed by atoms with van der Waals surface area (Å²) >= 11 is 0. The number of carbonyl (C=O) groups is 1. The largest absolute Gasteiger partial charge is 0.490 e. The highest BCUT2D eigenvalue weighted by atomic mass is 16.5. The molecule has 0 spiro atoms. The summed E-state index contributed by atoms with van der Waals surface area (Å²) in [7, 11) is 0. The van der Waals surface area contributed by atoms with E-state index in [1.54, 1.807) is 18.2 Å². The van der Waals surface area contributed by atoms with E-state index in [-0.39, 0.29) is 19.1 Å². The van der Waals surface area contributed by atoms with Crippen molar-refractivity contribution in [1.29, 1.82) is 0 Å². The van der Waals surface area contributed by atoms with Crippen molar-refractivity contribution in [3.63, 3.8) is 0 Å². The first-order valence-corrected chi connectivity index (χ1v) is 7.01. The monoisotopic (exact) mass is 279 g/mol. The van der Waals surface area contributed by atoms with Crippen LogP contribution >= 0.6 is 0 Å². The molecule has 1 fully saturated rings. The minimum atomic E-state index is -0.0485. The number of benzene rings is 1. The summed E-state index contributed by atoms with van der Waals surface area (Å²) in [5, 5.41) is 9.13. The van der Waals surface area contributed by atoms with Gasteiger partial charge in [-0.1, -0.05) is 6.07 Å². The number of hydrogen-bond donors (Lipinski definition) is 1. The van der Waals surface area contributed by atoms with Crippen LogP contribution in [0.4, 0.5) is 0 Å². The van der Waals surface area contributed by atoms with Crippen molar-refractivity contribution in [1.82, 2.24) is 4.90 Å². The van der Waals surface area contributed by atoms with Gasteiger partial charge in [0.1, 0.15) is 0 Å². The van der Waals surface area contributed by atoms with E-state index in [1.165, 1.54) is 0 Å². The highest BCUT2D eigenvalue weighted by molar-refractivity contribution is 5.78. The SMILES string of the molecule is CCOc1cc(CO)ccc1OCC(=O)N1CCCC1. The first-order valence-electron chi connectivity index (χ1n) is 7.01. The Morgan fingerprint density at radius 3 is 2.65 bits per heavy atom. The number of nitrogens with zero attached hydrogens (tertiary/aromatic N) is 1. The number of aliphatic hydroxyl groups is 1. The van der Waals surface area contributed by atoms with Gasteiger partial charge in [0.15, 0.2) is 18.1 Å². The summed E-state index contributed by atoms with van der Waals surface area (Å²) in [6.07, 6.45) is 2.14. The maximum atomic E-state index is 11.9.